The van der Waals surface area contributed by atoms with Gasteiger partial charge in [0, 0.05) is 25.2 Å². The normalized spacial score (nSPS) is 18.7. The molecule has 2 aromatic rings. The highest BCUT2D eigenvalue weighted by atomic mass is 16.4. The highest BCUT2D eigenvalue weighted by Gasteiger charge is 2.23. The number of aliphatic carboxylic acids is 1. The van der Waals surface area contributed by atoms with E-state index in [1.807, 2.05) is 6.07 Å². The van der Waals surface area contributed by atoms with Crippen LogP contribution < -0.4 is 0 Å². The fourth-order valence-electron chi connectivity index (χ4n) is 3.53. The van der Waals surface area contributed by atoms with Gasteiger partial charge in [-0.2, -0.15) is 5.10 Å². The van der Waals surface area contributed by atoms with Gasteiger partial charge in [-0.15, -0.1) is 0 Å². The molecule has 3 rings (SSSR count). The molecule has 0 unspecified atom stereocenters. The van der Waals surface area contributed by atoms with Crippen molar-refractivity contribution in [2.24, 2.45) is 0 Å². The average Bonchev–Trinajstić information content (AvgIpc) is 2.98. The second-order valence-corrected chi connectivity index (χ2v) is 6.84. The number of benzene rings is 1. The highest BCUT2D eigenvalue weighted by Crippen LogP contribution is 2.27. The van der Waals surface area contributed by atoms with Gasteiger partial charge in [0.2, 0.25) is 0 Å². The van der Waals surface area contributed by atoms with Crippen LogP contribution in [0.5, 0.6) is 0 Å². The standard InChI is InChI=1S/C19H25N3O2/c1-14-5-6-16(15(2)10-14)11-21-8-3-4-17(12-21)18-7-9-22(20-18)13-19(23)24/h5-7,9-10,17H,3-4,8,11-13H2,1-2H3,(H,23,24)/t17-/m0/s1. The zero-order valence-corrected chi connectivity index (χ0v) is 14.4. The Morgan fingerprint density at radius 3 is 2.92 bits per heavy atom. The van der Waals surface area contributed by atoms with Crippen LogP contribution in [-0.4, -0.2) is 38.8 Å². The highest BCUT2D eigenvalue weighted by molar-refractivity contribution is 5.66. The molecule has 1 aromatic heterocycles. The fourth-order valence-corrected chi connectivity index (χ4v) is 3.53. The minimum absolute atomic E-state index is 0.0704. The molecule has 1 aromatic carbocycles. The molecule has 5 heteroatoms. The Bertz CT molecular complexity index is 723. The summed E-state index contributed by atoms with van der Waals surface area (Å²) in [7, 11) is 0. The van der Waals surface area contributed by atoms with E-state index in [9.17, 15) is 4.79 Å². The Balaban J connectivity index is 1.65. The Kier molecular flexibility index (Phi) is 5.00. The molecule has 24 heavy (non-hydrogen) atoms. The monoisotopic (exact) mass is 327 g/mol. The van der Waals surface area contributed by atoms with Crippen LogP contribution >= 0.6 is 0 Å². The number of hydrogen-bond donors (Lipinski definition) is 1. The average molecular weight is 327 g/mol. The van der Waals surface area contributed by atoms with Crippen molar-refractivity contribution in [1.82, 2.24) is 14.7 Å². The van der Waals surface area contributed by atoms with E-state index in [1.165, 1.54) is 21.4 Å². The van der Waals surface area contributed by atoms with Gasteiger partial charge in [-0.05, 0) is 50.4 Å². The van der Waals surface area contributed by atoms with E-state index in [0.29, 0.717) is 5.92 Å². The molecular weight excluding hydrogens is 302 g/mol. The summed E-state index contributed by atoms with van der Waals surface area (Å²) < 4.78 is 1.51. The van der Waals surface area contributed by atoms with E-state index in [1.54, 1.807) is 6.20 Å². The van der Waals surface area contributed by atoms with Gasteiger partial charge in [-0.25, -0.2) is 0 Å². The zero-order chi connectivity index (χ0) is 17.1. The lowest BCUT2D eigenvalue weighted by Crippen LogP contribution is -2.34. The molecule has 1 fully saturated rings. The molecule has 0 saturated carbocycles. The van der Waals surface area contributed by atoms with Crippen LogP contribution in [0.2, 0.25) is 0 Å². The second kappa shape index (κ2) is 7.18. The van der Waals surface area contributed by atoms with Gasteiger partial charge < -0.3 is 5.11 Å². The summed E-state index contributed by atoms with van der Waals surface area (Å²) in [5.41, 5.74) is 5.05. The first kappa shape index (κ1) is 16.7. The third-order valence-corrected chi connectivity index (χ3v) is 4.77. The van der Waals surface area contributed by atoms with Gasteiger partial charge >= 0.3 is 5.97 Å². The van der Waals surface area contributed by atoms with Gasteiger partial charge in [-0.1, -0.05) is 23.8 Å². The van der Waals surface area contributed by atoms with Crippen LogP contribution in [0.25, 0.3) is 0 Å². The summed E-state index contributed by atoms with van der Waals surface area (Å²) in [5.74, 6) is -0.468. The predicted molar refractivity (Wildman–Crippen MR) is 93.0 cm³/mol. The SMILES string of the molecule is Cc1ccc(CN2CCC[C@H](c3ccn(CC(=O)O)n3)C2)c(C)c1. The summed E-state index contributed by atoms with van der Waals surface area (Å²) >= 11 is 0. The van der Waals surface area contributed by atoms with Gasteiger partial charge in [0.1, 0.15) is 6.54 Å². The Labute approximate surface area is 142 Å². The summed E-state index contributed by atoms with van der Waals surface area (Å²) in [6.07, 6.45) is 4.04. The summed E-state index contributed by atoms with van der Waals surface area (Å²) in [6.45, 7) is 7.30. The number of carboxylic acids is 1. The summed E-state index contributed by atoms with van der Waals surface area (Å²) in [5, 5.41) is 13.3. The van der Waals surface area contributed by atoms with Crippen molar-refractivity contribution < 1.29 is 9.90 Å². The van der Waals surface area contributed by atoms with Crippen LogP contribution in [0.3, 0.4) is 0 Å². The maximum absolute atomic E-state index is 10.8. The van der Waals surface area contributed by atoms with Gasteiger partial charge in [0.15, 0.2) is 0 Å². The molecular formula is C19H25N3O2. The molecule has 5 nitrogen and oxygen atoms in total. The van der Waals surface area contributed by atoms with Crippen molar-refractivity contribution in [2.75, 3.05) is 13.1 Å². The smallest absolute Gasteiger partial charge is 0.325 e. The van der Waals surface area contributed by atoms with Crippen LogP contribution in [0.15, 0.2) is 30.5 Å². The minimum atomic E-state index is -0.857. The predicted octanol–water partition coefficient (Wildman–Crippen LogP) is 2.96. The van der Waals surface area contributed by atoms with Gasteiger partial charge in [0.05, 0.1) is 5.69 Å². The molecule has 128 valence electrons. The number of nitrogens with zero attached hydrogens (tertiary/aromatic N) is 3. The van der Waals surface area contributed by atoms with Crippen molar-refractivity contribution in [3.05, 3.63) is 52.8 Å². The first-order valence-corrected chi connectivity index (χ1v) is 8.55. The van der Waals surface area contributed by atoms with Crippen molar-refractivity contribution in [3.63, 3.8) is 0 Å². The molecule has 0 bridgehead atoms. The summed E-state index contributed by atoms with van der Waals surface area (Å²) in [4.78, 5) is 13.3. The molecule has 0 radical (unpaired) electrons. The molecule has 1 aliphatic heterocycles. The van der Waals surface area contributed by atoms with Crippen LogP contribution in [0.4, 0.5) is 0 Å². The molecule has 1 aliphatic rings. The van der Waals surface area contributed by atoms with Gasteiger partial charge in [-0.3, -0.25) is 14.4 Å². The third-order valence-electron chi connectivity index (χ3n) is 4.77. The lowest BCUT2D eigenvalue weighted by atomic mass is 9.94. The minimum Gasteiger partial charge on any atom is -0.480 e. The quantitative estimate of drug-likeness (QED) is 0.917. The third kappa shape index (κ3) is 4.03. The van der Waals surface area contributed by atoms with Crippen molar-refractivity contribution in [2.45, 2.75) is 45.7 Å². The number of aromatic nitrogens is 2. The number of aryl methyl sites for hydroxylation is 2. The zero-order valence-electron chi connectivity index (χ0n) is 14.4. The van der Waals surface area contributed by atoms with E-state index >= 15 is 0 Å². The number of piperidine rings is 1. The first-order valence-electron chi connectivity index (χ1n) is 8.55. The van der Waals surface area contributed by atoms with Crippen molar-refractivity contribution >= 4 is 5.97 Å². The van der Waals surface area contributed by atoms with Gasteiger partial charge in [0.25, 0.3) is 0 Å². The molecule has 1 saturated heterocycles. The van der Waals surface area contributed by atoms with E-state index in [0.717, 1.165) is 38.2 Å². The largest absolute Gasteiger partial charge is 0.480 e. The van der Waals surface area contributed by atoms with Crippen LogP contribution in [0, 0.1) is 13.8 Å². The molecule has 1 N–H and O–H groups in total. The lowest BCUT2D eigenvalue weighted by molar-refractivity contribution is -0.137. The molecule has 0 aliphatic carbocycles. The number of hydrogen-bond acceptors (Lipinski definition) is 3. The first-order chi connectivity index (χ1) is 11.5. The molecule has 0 spiro atoms. The molecule has 2 heterocycles. The molecule has 1 atom stereocenters. The summed E-state index contributed by atoms with van der Waals surface area (Å²) in [6, 6.07) is 8.62. The van der Waals surface area contributed by atoms with Crippen molar-refractivity contribution in [3.8, 4) is 0 Å². The van der Waals surface area contributed by atoms with Crippen LogP contribution in [0.1, 0.15) is 41.1 Å². The lowest BCUT2D eigenvalue weighted by Gasteiger charge is -2.32. The topological polar surface area (TPSA) is 58.4 Å². The van der Waals surface area contributed by atoms with E-state index < -0.39 is 5.97 Å². The van der Waals surface area contributed by atoms with Crippen molar-refractivity contribution in [1.29, 1.82) is 0 Å². The molecule has 0 amide bonds. The van der Waals surface area contributed by atoms with E-state index in [-0.39, 0.29) is 6.54 Å². The Morgan fingerprint density at radius 2 is 2.17 bits per heavy atom. The maximum atomic E-state index is 10.8. The van der Waals surface area contributed by atoms with E-state index in [2.05, 4.69) is 42.0 Å². The number of likely N-dealkylation sites (tertiary alicyclic amines) is 1. The number of rotatable bonds is 5. The maximum Gasteiger partial charge on any atom is 0.325 e. The van der Waals surface area contributed by atoms with E-state index in [4.69, 9.17) is 5.11 Å². The van der Waals surface area contributed by atoms with Crippen LogP contribution in [-0.2, 0) is 17.9 Å². The number of carbonyl (C=O) groups is 1. The second-order valence-electron chi connectivity index (χ2n) is 6.84. The number of carboxylic acid groups (broad SMARTS) is 1. The Morgan fingerprint density at radius 1 is 1.33 bits per heavy atom. The Hall–Kier alpha value is -2.14. The fraction of sp³-hybridized carbons (Fsp3) is 0.474.